The molecule has 0 heterocycles. The van der Waals surface area contributed by atoms with Crippen molar-refractivity contribution in [3.8, 4) is 0 Å². The molecule has 2 rings (SSSR count). The Kier molecular flexibility index (Phi) is 4.87. The van der Waals surface area contributed by atoms with Gasteiger partial charge in [-0.05, 0) is 37.2 Å². The monoisotopic (exact) mass is 286 g/mol. The maximum Gasteiger partial charge on any atom is 0.303 e. The number of hydrogen-bond acceptors (Lipinski definition) is 2. The second-order valence-corrected chi connectivity index (χ2v) is 6.71. The van der Waals surface area contributed by atoms with Crippen LogP contribution in [-0.2, 0) is 9.53 Å². The van der Waals surface area contributed by atoms with Gasteiger partial charge in [-0.1, -0.05) is 55.3 Å². The van der Waals surface area contributed by atoms with Crippen molar-refractivity contribution >= 4 is 5.97 Å². The lowest BCUT2D eigenvalue weighted by Gasteiger charge is -2.36. The molecule has 1 atom stereocenters. The van der Waals surface area contributed by atoms with Gasteiger partial charge in [-0.3, -0.25) is 4.79 Å². The van der Waals surface area contributed by atoms with E-state index in [0.29, 0.717) is 0 Å². The fourth-order valence-electron chi connectivity index (χ4n) is 3.41. The minimum absolute atomic E-state index is 0.175. The molecule has 1 aliphatic carbocycles. The first-order chi connectivity index (χ1) is 9.90. The predicted molar refractivity (Wildman–Crippen MR) is 85.9 cm³/mol. The van der Waals surface area contributed by atoms with Crippen molar-refractivity contribution in [1.29, 1.82) is 0 Å². The SMILES string of the molecule is CC(=O)OC(CC1=C(C)CCCC1(C)C)c1ccccc1. The van der Waals surface area contributed by atoms with E-state index >= 15 is 0 Å². The zero-order chi connectivity index (χ0) is 15.5. The predicted octanol–water partition coefficient (Wildman–Crippen LogP) is 5.21. The van der Waals surface area contributed by atoms with Gasteiger partial charge in [0, 0.05) is 13.3 Å². The lowest BCUT2D eigenvalue weighted by atomic mass is 9.70. The summed E-state index contributed by atoms with van der Waals surface area (Å²) in [7, 11) is 0. The Morgan fingerprint density at radius 2 is 1.95 bits per heavy atom. The van der Waals surface area contributed by atoms with Crippen molar-refractivity contribution in [3.63, 3.8) is 0 Å². The van der Waals surface area contributed by atoms with Gasteiger partial charge in [0.1, 0.15) is 6.10 Å². The number of allylic oxidation sites excluding steroid dienone is 1. The fourth-order valence-corrected chi connectivity index (χ4v) is 3.41. The van der Waals surface area contributed by atoms with E-state index in [1.807, 2.05) is 30.3 Å². The zero-order valence-electron chi connectivity index (χ0n) is 13.6. The molecule has 1 aromatic rings. The maximum atomic E-state index is 11.5. The Hall–Kier alpha value is -1.57. The third-order valence-corrected chi connectivity index (χ3v) is 4.55. The molecule has 0 aliphatic heterocycles. The van der Waals surface area contributed by atoms with Crippen LogP contribution in [0, 0.1) is 5.41 Å². The molecule has 1 aliphatic rings. The molecular formula is C19H26O2. The van der Waals surface area contributed by atoms with Crippen LogP contribution in [0.1, 0.15) is 65.0 Å². The second-order valence-electron chi connectivity index (χ2n) is 6.71. The van der Waals surface area contributed by atoms with Crippen LogP contribution < -0.4 is 0 Å². The first-order valence-electron chi connectivity index (χ1n) is 7.81. The van der Waals surface area contributed by atoms with E-state index < -0.39 is 0 Å². The third-order valence-electron chi connectivity index (χ3n) is 4.55. The molecule has 0 bridgehead atoms. The highest BCUT2D eigenvalue weighted by atomic mass is 16.5. The molecule has 2 nitrogen and oxygen atoms in total. The van der Waals surface area contributed by atoms with Crippen LogP contribution in [0.4, 0.5) is 0 Å². The van der Waals surface area contributed by atoms with Gasteiger partial charge in [0.15, 0.2) is 0 Å². The third kappa shape index (κ3) is 3.96. The summed E-state index contributed by atoms with van der Waals surface area (Å²) in [4.78, 5) is 11.5. The zero-order valence-corrected chi connectivity index (χ0v) is 13.6. The van der Waals surface area contributed by atoms with E-state index in [1.54, 1.807) is 0 Å². The van der Waals surface area contributed by atoms with E-state index in [9.17, 15) is 4.79 Å². The summed E-state index contributed by atoms with van der Waals surface area (Å²) in [6.45, 7) is 8.33. The number of rotatable bonds is 4. The topological polar surface area (TPSA) is 26.3 Å². The Bertz CT molecular complexity index is 526. The van der Waals surface area contributed by atoms with Crippen LogP contribution in [0.2, 0.25) is 0 Å². The summed E-state index contributed by atoms with van der Waals surface area (Å²) >= 11 is 0. The van der Waals surface area contributed by atoms with Gasteiger partial charge in [0.05, 0.1) is 0 Å². The van der Waals surface area contributed by atoms with E-state index in [2.05, 4.69) is 20.8 Å². The van der Waals surface area contributed by atoms with Crippen molar-refractivity contribution in [2.75, 3.05) is 0 Å². The largest absolute Gasteiger partial charge is 0.457 e. The van der Waals surface area contributed by atoms with Crippen molar-refractivity contribution < 1.29 is 9.53 Å². The van der Waals surface area contributed by atoms with Crippen LogP contribution in [0.15, 0.2) is 41.5 Å². The number of esters is 1. The fraction of sp³-hybridized carbons (Fsp3) is 0.526. The van der Waals surface area contributed by atoms with Crippen LogP contribution in [0.25, 0.3) is 0 Å². The summed E-state index contributed by atoms with van der Waals surface area (Å²) in [6, 6.07) is 10.1. The number of carbonyl (C=O) groups is 1. The smallest absolute Gasteiger partial charge is 0.303 e. The summed E-state index contributed by atoms with van der Waals surface area (Å²) in [5, 5.41) is 0. The minimum atomic E-state index is -0.212. The van der Waals surface area contributed by atoms with Crippen molar-refractivity contribution in [2.45, 2.75) is 59.5 Å². The molecule has 0 spiro atoms. The highest BCUT2D eigenvalue weighted by Crippen LogP contribution is 2.44. The molecule has 1 unspecified atom stereocenters. The van der Waals surface area contributed by atoms with E-state index in [0.717, 1.165) is 12.0 Å². The lowest BCUT2D eigenvalue weighted by molar-refractivity contribution is -0.146. The highest BCUT2D eigenvalue weighted by molar-refractivity contribution is 5.66. The van der Waals surface area contributed by atoms with Crippen LogP contribution in [0.5, 0.6) is 0 Å². The number of ether oxygens (including phenoxy) is 1. The van der Waals surface area contributed by atoms with Crippen LogP contribution in [0.3, 0.4) is 0 Å². The van der Waals surface area contributed by atoms with E-state index in [4.69, 9.17) is 4.74 Å². The molecular weight excluding hydrogens is 260 g/mol. The molecule has 21 heavy (non-hydrogen) atoms. The molecule has 0 amide bonds. The van der Waals surface area contributed by atoms with Gasteiger partial charge in [-0.2, -0.15) is 0 Å². The molecule has 0 N–H and O–H groups in total. The summed E-state index contributed by atoms with van der Waals surface area (Å²) < 4.78 is 5.61. The summed E-state index contributed by atoms with van der Waals surface area (Å²) in [5.74, 6) is -0.212. The minimum Gasteiger partial charge on any atom is -0.457 e. The Balaban J connectivity index is 2.28. The van der Waals surface area contributed by atoms with E-state index in [-0.39, 0.29) is 17.5 Å². The molecule has 0 radical (unpaired) electrons. The van der Waals surface area contributed by atoms with Gasteiger partial charge in [-0.25, -0.2) is 0 Å². The summed E-state index contributed by atoms with van der Waals surface area (Å²) in [6.07, 6.45) is 4.27. The molecule has 2 heteroatoms. The quantitative estimate of drug-likeness (QED) is 0.561. The molecule has 0 aromatic heterocycles. The first-order valence-corrected chi connectivity index (χ1v) is 7.81. The average Bonchev–Trinajstić information content (AvgIpc) is 2.42. The normalized spacial score (nSPS) is 19.2. The molecule has 1 aromatic carbocycles. The van der Waals surface area contributed by atoms with Gasteiger partial charge in [0.2, 0.25) is 0 Å². The van der Waals surface area contributed by atoms with Crippen LogP contribution in [-0.4, -0.2) is 5.97 Å². The Morgan fingerprint density at radius 3 is 2.52 bits per heavy atom. The van der Waals surface area contributed by atoms with Gasteiger partial charge in [-0.15, -0.1) is 0 Å². The van der Waals surface area contributed by atoms with Crippen molar-refractivity contribution in [2.24, 2.45) is 5.41 Å². The lowest BCUT2D eigenvalue weighted by Crippen LogP contribution is -2.23. The highest BCUT2D eigenvalue weighted by Gasteiger charge is 2.31. The van der Waals surface area contributed by atoms with Gasteiger partial charge in [0.25, 0.3) is 0 Å². The van der Waals surface area contributed by atoms with E-state index in [1.165, 1.54) is 37.3 Å². The standard InChI is InChI=1S/C19H26O2/c1-14-9-8-12-19(3,4)17(14)13-18(21-15(2)20)16-10-6-5-7-11-16/h5-7,10-11,18H,8-9,12-13H2,1-4H3. The Labute approximate surface area is 128 Å². The van der Waals surface area contributed by atoms with Crippen molar-refractivity contribution in [1.82, 2.24) is 0 Å². The maximum absolute atomic E-state index is 11.5. The molecule has 114 valence electrons. The molecule has 0 fully saturated rings. The average molecular weight is 286 g/mol. The summed E-state index contributed by atoms with van der Waals surface area (Å²) in [5.41, 5.74) is 4.22. The Morgan fingerprint density at radius 1 is 1.29 bits per heavy atom. The number of carbonyl (C=O) groups excluding carboxylic acids is 1. The molecule has 0 saturated heterocycles. The van der Waals surface area contributed by atoms with Gasteiger partial charge >= 0.3 is 5.97 Å². The second kappa shape index (κ2) is 6.46. The van der Waals surface area contributed by atoms with Crippen LogP contribution >= 0.6 is 0 Å². The number of benzene rings is 1. The first kappa shape index (κ1) is 15.8. The number of hydrogen-bond donors (Lipinski definition) is 0. The van der Waals surface area contributed by atoms with Gasteiger partial charge < -0.3 is 4.74 Å². The van der Waals surface area contributed by atoms with Crippen molar-refractivity contribution in [3.05, 3.63) is 47.0 Å². The molecule has 0 saturated carbocycles.